The van der Waals surface area contributed by atoms with E-state index in [9.17, 15) is 4.21 Å². The van der Waals surface area contributed by atoms with Crippen LogP contribution in [0.5, 0.6) is 0 Å². The van der Waals surface area contributed by atoms with Gasteiger partial charge in [-0.3, -0.25) is 0 Å². The molecule has 1 aromatic rings. The van der Waals surface area contributed by atoms with Gasteiger partial charge in [-0.25, -0.2) is 8.51 Å². The quantitative estimate of drug-likeness (QED) is 0.794. The average Bonchev–Trinajstić information content (AvgIpc) is 2.65. The van der Waals surface area contributed by atoms with Crippen LogP contribution in [0.3, 0.4) is 0 Å². The summed E-state index contributed by atoms with van der Waals surface area (Å²) in [5.74, 6) is 0. The second-order valence-corrected chi connectivity index (χ2v) is 4.85. The van der Waals surface area contributed by atoms with Crippen molar-refractivity contribution in [3.63, 3.8) is 0 Å². The van der Waals surface area contributed by atoms with Gasteiger partial charge >= 0.3 is 0 Å². The second-order valence-electron chi connectivity index (χ2n) is 3.41. The zero-order chi connectivity index (χ0) is 9.97. The molecule has 4 heteroatoms. The van der Waals surface area contributed by atoms with Crippen LogP contribution in [0.25, 0.3) is 0 Å². The molecule has 1 aliphatic heterocycles. The highest BCUT2D eigenvalue weighted by Crippen LogP contribution is 2.19. The number of nitrogens with two attached hydrogens (primary N) is 1. The molecule has 0 aliphatic carbocycles. The highest BCUT2D eigenvalue weighted by molar-refractivity contribution is 7.82. The fraction of sp³-hybridized carbons (Fsp3) is 0.400. The maximum absolute atomic E-state index is 12.0. The van der Waals surface area contributed by atoms with Crippen molar-refractivity contribution >= 4 is 11.0 Å². The summed E-state index contributed by atoms with van der Waals surface area (Å²) in [6.45, 7) is 0.836. The lowest BCUT2D eigenvalue weighted by atomic mass is 10.3. The van der Waals surface area contributed by atoms with Gasteiger partial charge in [0.15, 0.2) is 0 Å². The molecular weight excluding hydrogens is 196 g/mol. The highest BCUT2D eigenvalue weighted by atomic mass is 32.2. The Morgan fingerprint density at radius 1 is 1.36 bits per heavy atom. The van der Waals surface area contributed by atoms with Crippen LogP contribution in [0.2, 0.25) is 0 Å². The van der Waals surface area contributed by atoms with E-state index < -0.39 is 11.0 Å². The van der Waals surface area contributed by atoms with Crippen LogP contribution >= 0.6 is 0 Å². The number of hydrogen-bond donors (Lipinski definition) is 1. The Morgan fingerprint density at radius 2 is 2.07 bits per heavy atom. The van der Waals surface area contributed by atoms with Gasteiger partial charge in [0.1, 0.15) is 11.0 Å². The van der Waals surface area contributed by atoms with Crippen molar-refractivity contribution in [2.24, 2.45) is 5.73 Å². The molecule has 0 radical (unpaired) electrons. The minimum atomic E-state index is -1.08. The number of rotatable bonds is 2. The molecule has 1 aliphatic rings. The maximum Gasteiger partial charge on any atom is 0.129 e. The first-order valence-electron chi connectivity index (χ1n) is 4.78. The third-order valence-electron chi connectivity index (χ3n) is 2.41. The molecule has 0 spiro atoms. The van der Waals surface area contributed by atoms with Crippen molar-refractivity contribution in [1.29, 1.82) is 0 Å². The lowest BCUT2D eigenvalue weighted by Gasteiger charge is -2.19. The van der Waals surface area contributed by atoms with Crippen molar-refractivity contribution in [2.75, 3.05) is 6.54 Å². The van der Waals surface area contributed by atoms with Gasteiger partial charge in [-0.15, -0.1) is 0 Å². The zero-order valence-electron chi connectivity index (χ0n) is 7.93. The summed E-state index contributed by atoms with van der Waals surface area (Å²) in [6.07, 6.45) is 1.94. The molecule has 2 atom stereocenters. The van der Waals surface area contributed by atoms with Gasteiger partial charge in [0.25, 0.3) is 0 Å². The molecule has 14 heavy (non-hydrogen) atoms. The first-order chi connectivity index (χ1) is 6.79. The van der Waals surface area contributed by atoms with E-state index in [1.165, 1.54) is 0 Å². The Labute approximate surface area is 86.5 Å². The van der Waals surface area contributed by atoms with Gasteiger partial charge < -0.3 is 5.73 Å². The van der Waals surface area contributed by atoms with Gasteiger partial charge in [-0.05, 0) is 25.0 Å². The first-order valence-corrected chi connectivity index (χ1v) is 5.89. The van der Waals surface area contributed by atoms with Crippen LogP contribution in [0, 0.1) is 0 Å². The summed E-state index contributed by atoms with van der Waals surface area (Å²) < 4.78 is 13.9. The largest absolute Gasteiger partial charge is 0.315 e. The SMILES string of the molecule is NC1CCCN1S(=O)c1ccccc1. The van der Waals surface area contributed by atoms with Crippen LogP contribution in [0.4, 0.5) is 0 Å². The Bertz CT molecular complexity index is 328. The van der Waals surface area contributed by atoms with Crippen LogP contribution in [-0.2, 0) is 11.0 Å². The monoisotopic (exact) mass is 210 g/mol. The average molecular weight is 210 g/mol. The van der Waals surface area contributed by atoms with E-state index in [2.05, 4.69) is 0 Å². The van der Waals surface area contributed by atoms with E-state index in [0.717, 1.165) is 24.3 Å². The molecule has 0 aromatic heterocycles. The van der Waals surface area contributed by atoms with Crippen LogP contribution < -0.4 is 5.73 Å². The topological polar surface area (TPSA) is 46.3 Å². The smallest absolute Gasteiger partial charge is 0.129 e. The molecule has 1 saturated heterocycles. The summed E-state index contributed by atoms with van der Waals surface area (Å²) >= 11 is 0. The van der Waals surface area contributed by atoms with Gasteiger partial charge in [-0.2, -0.15) is 0 Å². The zero-order valence-corrected chi connectivity index (χ0v) is 8.74. The number of hydrogen-bond acceptors (Lipinski definition) is 2. The summed E-state index contributed by atoms with van der Waals surface area (Å²) in [7, 11) is -1.08. The second kappa shape index (κ2) is 4.21. The van der Waals surface area contributed by atoms with Crippen LogP contribution in [-0.4, -0.2) is 21.2 Å². The minimum Gasteiger partial charge on any atom is -0.315 e. The molecule has 2 rings (SSSR count). The molecular formula is C10H14N2OS. The Morgan fingerprint density at radius 3 is 2.64 bits per heavy atom. The van der Waals surface area contributed by atoms with E-state index in [1.807, 2.05) is 34.6 Å². The van der Waals surface area contributed by atoms with Crippen molar-refractivity contribution < 1.29 is 4.21 Å². The van der Waals surface area contributed by atoms with E-state index >= 15 is 0 Å². The molecule has 3 nitrogen and oxygen atoms in total. The summed E-state index contributed by atoms with van der Waals surface area (Å²) in [5.41, 5.74) is 5.85. The lowest BCUT2D eigenvalue weighted by Crippen LogP contribution is -2.37. The normalized spacial score (nSPS) is 25.1. The molecule has 2 N–H and O–H groups in total. The van der Waals surface area contributed by atoms with Gasteiger partial charge in [0, 0.05) is 6.54 Å². The Kier molecular flexibility index (Phi) is 2.96. The minimum absolute atomic E-state index is 0.0453. The molecule has 2 unspecified atom stereocenters. The Hall–Kier alpha value is -0.710. The van der Waals surface area contributed by atoms with E-state index in [4.69, 9.17) is 5.73 Å². The molecule has 1 aromatic carbocycles. The standard InChI is InChI=1S/C10H14N2OS/c11-10-7-4-8-12(10)14(13)9-5-2-1-3-6-9/h1-3,5-6,10H,4,7-8,11H2. The first kappa shape index (κ1) is 9.83. The van der Waals surface area contributed by atoms with E-state index in [1.54, 1.807) is 0 Å². The molecule has 1 fully saturated rings. The summed E-state index contributed by atoms with van der Waals surface area (Å²) in [5, 5.41) is 0. The molecule has 76 valence electrons. The summed E-state index contributed by atoms with van der Waals surface area (Å²) in [6, 6.07) is 9.47. The van der Waals surface area contributed by atoms with Gasteiger partial charge in [-0.1, -0.05) is 18.2 Å². The molecule has 0 amide bonds. The van der Waals surface area contributed by atoms with Gasteiger partial charge in [0.05, 0.1) is 11.1 Å². The molecule has 0 bridgehead atoms. The predicted molar refractivity (Wildman–Crippen MR) is 56.8 cm³/mol. The Balaban J connectivity index is 2.16. The van der Waals surface area contributed by atoms with E-state index in [-0.39, 0.29) is 6.17 Å². The predicted octanol–water partition coefficient (Wildman–Crippen LogP) is 1.09. The number of nitrogens with zero attached hydrogens (tertiary/aromatic N) is 1. The fourth-order valence-corrected chi connectivity index (χ4v) is 2.95. The van der Waals surface area contributed by atoms with Crippen molar-refractivity contribution in [2.45, 2.75) is 23.9 Å². The van der Waals surface area contributed by atoms with Crippen LogP contribution in [0.1, 0.15) is 12.8 Å². The van der Waals surface area contributed by atoms with Crippen LogP contribution in [0.15, 0.2) is 35.2 Å². The fourth-order valence-electron chi connectivity index (χ4n) is 1.64. The summed E-state index contributed by atoms with van der Waals surface area (Å²) in [4.78, 5) is 0.838. The maximum atomic E-state index is 12.0. The third-order valence-corrected chi connectivity index (χ3v) is 3.96. The van der Waals surface area contributed by atoms with Crippen molar-refractivity contribution in [3.05, 3.63) is 30.3 Å². The van der Waals surface area contributed by atoms with Gasteiger partial charge in [0.2, 0.25) is 0 Å². The lowest BCUT2D eigenvalue weighted by molar-refractivity contribution is 0.425. The van der Waals surface area contributed by atoms with Crippen molar-refractivity contribution in [3.8, 4) is 0 Å². The highest BCUT2D eigenvalue weighted by Gasteiger charge is 2.26. The van der Waals surface area contributed by atoms with E-state index in [0.29, 0.717) is 0 Å². The van der Waals surface area contributed by atoms with Crippen molar-refractivity contribution in [1.82, 2.24) is 4.31 Å². The third kappa shape index (κ3) is 1.87. The number of benzene rings is 1. The molecule has 1 heterocycles. The molecule has 0 saturated carbocycles.